The summed E-state index contributed by atoms with van der Waals surface area (Å²) in [7, 11) is 0. The van der Waals surface area contributed by atoms with E-state index < -0.39 is 0 Å². The average molecular weight is 425 g/mol. The van der Waals surface area contributed by atoms with Crippen LogP contribution in [0.15, 0.2) is 24.4 Å². The van der Waals surface area contributed by atoms with Crippen LogP contribution in [-0.2, 0) is 4.74 Å². The molecule has 2 bridgehead atoms. The Labute approximate surface area is 183 Å². The van der Waals surface area contributed by atoms with E-state index in [-0.39, 0.29) is 17.4 Å². The number of nitrogens with one attached hydrogen (secondary N) is 1. The van der Waals surface area contributed by atoms with Crippen molar-refractivity contribution in [1.29, 1.82) is 0 Å². The lowest BCUT2D eigenvalue weighted by molar-refractivity contribution is -0.0985. The fraction of sp³-hybridized carbons (Fsp3) is 0.625. The molecule has 2 aromatic heterocycles. The molecular weight excluding hydrogens is 392 g/mol. The highest BCUT2D eigenvalue weighted by molar-refractivity contribution is 5.97. The summed E-state index contributed by atoms with van der Waals surface area (Å²) in [4.78, 5) is 32.5. The first kappa shape index (κ1) is 20.5. The van der Waals surface area contributed by atoms with Crippen LogP contribution in [0.1, 0.15) is 67.4 Å². The van der Waals surface area contributed by atoms with E-state index in [4.69, 9.17) is 4.74 Å². The molecule has 0 aromatic carbocycles. The average Bonchev–Trinajstić information content (AvgIpc) is 3.25. The molecule has 0 radical (unpaired) electrons. The number of nitrogens with zero attached hydrogens (tertiary/aromatic N) is 3. The Morgan fingerprint density at radius 2 is 2.13 bits per heavy atom. The number of aromatic nitrogens is 2. The fourth-order valence-electron chi connectivity index (χ4n) is 6.05. The zero-order valence-corrected chi connectivity index (χ0v) is 18.7. The molecule has 7 heteroatoms. The molecule has 1 saturated heterocycles. The Bertz CT molecular complexity index is 1030. The van der Waals surface area contributed by atoms with Gasteiger partial charge >= 0.3 is 0 Å². The molecule has 7 nitrogen and oxygen atoms in total. The topological polar surface area (TPSA) is 75.7 Å². The SMILES string of the molecule is CCCOCCNC(=O)c1cn2c(C(=O)N3C[C@@]34CC[C@H]3C[C@@H]4C3(C)C)cccc2n1. The van der Waals surface area contributed by atoms with Crippen LogP contribution < -0.4 is 5.32 Å². The van der Waals surface area contributed by atoms with Gasteiger partial charge in [0, 0.05) is 25.9 Å². The van der Waals surface area contributed by atoms with E-state index in [0.29, 0.717) is 48.1 Å². The molecular formula is C24H32N4O3. The molecule has 4 fully saturated rings. The number of amides is 2. The van der Waals surface area contributed by atoms with Crippen molar-refractivity contribution >= 4 is 17.5 Å². The number of imidazole rings is 1. The number of hydrogen-bond acceptors (Lipinski definition) is 4. The van der Waals surface area contributed by atoms with Crippen molar-refractivity contribution in [2.45, 2.75) is 52.0 Å². The molecule has 1 spiro atoms. The van der Waals surface area contributed by atoms with Crippen LogP contribution in [0.5, 0.6) is 0 Å². The van der Waals surface area contributed by atoms with Gasteiger partial charge in [0.1, 0.15) is 17.0 Å². The molecule has 2 aromatic rings. The fourth-order valence-corrected chi connectivity index (χ4v) is 6.05. The first-order valence-electron chi connectivity index (χ1n) is 11.5. The maximum Gasteiger partial charge on any atom is 0.271 e. The van der Waals surface area contributed by atoms with Gasteiger partial charge in [-0.1, -0.05) is 26.8 Å². The Morgan fingerprint density at radius 1 is 1.29 bits per heavy atom. The highest BCUT2D eigenvalue weighted by Crippen LogP contribution is 2.68. The van der Waals surface area contributed by atoms with Gasteiger partial charge in [0.25, 0.3) is 11.8 Å². The molecule has 4 aliphatic rings. The summed E-state index contributed by atoms with van der Waals surface area (Å²) in [6, 6.07) is 5.51. The molecule has 3 saturated carbocycles. The second-order valence-electron chi connectivity index (χ2n) is 9.97. The second-order valence-corrected chi connectivity index (χ2v) is 9.97. The predicted molar refractivity (Wildman–Crippen MR) is 117 cm³/mol. The molecule has 3 atom stereocenters. The summed E-state index contributed by atoms with van der Waals surface area (Å²) < 4.78 is 7.16. The summed E-state index contributed by atoms with van der Waals surface area (Å²) in [5.74, 6) is 1.20. The first-order chi connectivity index (χ1) is 14.9. The van der Waals surface area contributed by atoms with Crippen molar-refractivity contribution in [1.82, 2.24) is 19.6 Å². The van der Waals surface area contributed by atoms with Crippen LogP contribution in [0.2, 0.25) is 0 Å². The minimum absolute atomic E-state index is 0.0385. The third-order valence-corrected chi connectivity index (χ3v) is 7.98. The zero-order valence-electron chi connectivity index (χ0n) is 18.7. The van der Waals surface area contributed by atoms with E-state index in [1.165, 1.54) is 12.8 Å². The molecule has 1 N–H and O–H groups in total. The molecule has 166 valence electrons. The molecule has 0 unspecified atom stereocenters. The molecule has 1 aliphatic heterocycles. The van der Waals surface area contributed by atoms with Gasteiger partial charge in [-0.2, -0.15) is 0 Å². The van der Waals surface area contributed by atoms with E-state index in [1.54, 1.807) is 10.6 Å². The van der Waals surface area contributed by atoms with Crippen LogP contribution in [0.3, 0.4) is 0 Å². The third kappa shape index (κ3) is 3.16. The van der Waals surface area contributed by atoms with Gasteiger partial charge in [-0.05, 0) is 55.1 Å². The normalized spacial score (nSPS) is 27.9. The van der Waals surface area contributed by atoms with Gasteiger partial charge in [-0.3, -0.25) is 14.0 Å². The van der Waals surface area contributed by atoms with Gasteiger partial charge in [-0.25, -0.2) is 4.98 Å². The van der Waals surface area contributed by atoms with Gasteiger partial charge < -0.3 is 15.0 Å². The smallest absolute Gasteiger partial charge is 0.271 e. The van der Waals surface area contributed by atoms with Crippen LogP contribution in [0.4, 0.5) is 0 Å². The van der Waals surface area contributed by atoms with E-state index in [0.717, 1.165) is 25.3 Å². The second kappa shape index (κ2) is 7.33. The summed E-state index contributed by atoms with van der Waals surface area (Å²) >= 11 is 0. The number of ether oxygens (including phenoxy) is 1. The Hall–Kier alpha value is -2.41. The molecule has 3 aliphatic carbocycles. The maximum atomic E-state index is 13.5. The summed E-state index contributed by atoms with van der Waals surface area (Å²) in [5, 5.41) is 2.83. The lowest BCUT2D eigenvalue weighted by Gasteiger charge is -2.60. The van der Waals surface area contributed by atoms with Gasteiger partial charge in [-0.15, -0.1) is 0 Å². The quantitative estimate of drug-likeness (QED) is 0.547. The maximum absolute atomic E-state index is 13.5. The monoisotopic (exact) mass is 424 g/mol. The number of rotatable bonds is 7. The third-order valence-electron chi connectivity index (χ3n) is 7.98. The number of carbonyl (C=O) groups excluding carboxylic acids is 2. The van der Waals surface area contributed by atoms with Crippen LogP contribution in [0, 0.1) is 17.3 Å². The van der Waals surface area contributed by atoms with E-state index in [2.05, 4.69) is 29.0 Å². The first-order valence-corrected chi connectivity index (χ1v) is 11.5. The Kier molecular flexibility index (Phi) is 4.84. The van der Waals surface area contributed by atoms with E-state index in [9.17, 15) is 9.59 Å². The predicted octanol–water partition coefficient (Wildman–Crippen LogP) is 3.14. The van der Waals surface area contributed by atoms with E-state index in [1.807, 2.05) is 25.1 Å². The zero-order chi connectivity index (χ0) is 21.8. The lowest BCUT2D eigenvalue weighted by atomic mass is 9.45. The van der Waals surface area contributed by atoms with Gasteiger partial charge in [0.05, 0.1) is 12.1 Å². The number of fused-ring (bicyclic) bond motifs is 2. The molecule has 3 heterocycles. The minimum atomic E-state index is -0.250. The van der Waals surface area contributed by atoms with Crippen LogP contribution >= 0.6 is 0 Å². The summed E-state index contributed by atoms with van der Waals surface area (Å²) in [6.07, 6.45) is 6.21. The van der Waals surface area contributed by atoms with Gasteiger partial charge in [0.15, 0.2) is 0 Å². The van der Waals surface area contributed by atoms with Crippen LogP contribution in [0.25, 0.3) is 5.65 Å². The van der Waals surface area contributed by atoms with Crippen molar-refractivity contribution < 1.29 is 14.3 Å². The van der Waals surface area contributed by atoms with Crippen molar-refractivity contribution in [3.05, 3.63) is 35.8 Å². The largest absolute Gasteiger partial charge is 0.380 e. The van der Waals surface area contributed by atoms with E-state index >= 15 is 0 Å². The Balaban J connectivity index is 1.32. The Morgan fingerprint density at radius 3 is 2.87 bits per heavy atom. The minimum Gasteiger partial charge on any atom is -0.380 e. The van der Waals surface area contributed by atoms with Crippen LogP contribution in [-0.4, -0.2) is 57.9 Å². The standard InChI is InChI=1S/C24H32N4O3/c1-4-11-31-12-10-25-21(29)17-14-27-18(6-5-7-20(27)26-17)22(30)28-15-24(28)9-8-16-13-19(24)23(16,2)3/h5-7,14,16,19H,4,8-13,15H2,1-3H3,(H,25,29)/t16-,19+,24+,28?/m0/s1. The van der Waals surface area contributed by atoms with Crippen molar-refractivity contribution in [2.75, 3.05) is 26.3 Å². The highest BCUT2D eigenvalue weighted by Gasteiger charge is 2.70. The molecule has 2 amide bonds. The summed E-state index contributed by atoms with van der Waals surface area (Å²) in [6.45, 7) is 9.23. The number of carbonyl (C=O) groups is 2. The van der Waals surface area contributed by atoms with Crippen molar-refractivity contribution in [2.24, 2.45) is 17.3 Å². The molecule has 31 heavy (non-hydrogen) atoms. The number of pyridine rings is 1. The molecule has 6 rings (SSSR count). The van der Waals surface area contributed by atoms with Crippen molar-refractivity contribution in [3.8, 4) is 0 Å². The van der Waals surface area contributed by atoms with Gasteiger partial charge in [0.2, 0.25) is 0 Å². The highest BCUT2D eigenvalue weighted by atomic mass is 16.5. The number of hydrogen-bond donors (Lipinski definition) is 1. The van der Waals surface area contributed by atoms with Crippen molar-refractivity contribution in [3.63, 3.8) is 0 Å². The summed E-state index contributed by atoms with van der Waals surface area (Å²) in [5.41, 5.74) is 1.88. The lowest BCUT2D eigenvalue weighted by Crippen LogP contribution is -2.58.